The number of para-hydroxylation sites is 1. The third-order valence-electron chi connectivity index (χ3n) is 4.26. The number of nitrogens with one attached hydrogen (secondary N) is 1. The van der Waals surface area contributed by atoms with Gasteiger partial charge in [-0.15, -0.1) is 0 Å². The molecule has 0 aliphatic heterocycles. The number of hydrogen-bond donors (Lipinski definition) is 1. The van der Waals surface area contributed by atoms with E-state index in [1.54, 1.807) is 14.0 Å². The second kappa shape index (κ2) is 6.41. The number of anilines is 1. The number of carbonyl (C=O) groups is 1. The average Bonchev–Trinajstić information content (AvgIpc) is 2.46. The van der Waals surface area contributed by atoms with Gasteiger partial charge in [-0.3, -0.25) is 9.59 Å². The van der Waals surface area contributed by atoms with E-state index in [4.69, 9.17) is 0 Å². The molecule has 1 amide bonds. The molecule has 0 radical (unpaired) electrons. The van der Waals surface area contributed by atoms with E-state index in [-0.39, 0.29) is 22.9 Å². The Balaban J connectivity index is 2.50. The second-order valence-electron chi connectivity index (χ2n) is 6.36. The number of aromatic nitrogens is 1. The van der Waals surface area contributed by atoms with Crippen molar-refractivity contribution in [2.24, 2.45) is 7.05 Å². The Kier molecular flexibility index (Phi) is 4.73. The minimum absolute atomic E-state index is 0.205. The SMILES string of the molecule is Cc1cccc(C(C)C)c1NC(=O)c1c(C)cc(C)n(C)c1=O. The van der Waals surface area contributed by atoms with Crippen molar-refractivity contribution in [3.63, 3.8) is 0 Å². The molecule has 0 unspecified atom stereocenters. The van der Waals surface area contributed by atoms with E-state index in [2.05, 4.69) is 19.2 Å². The van der Waals surface area contributed by atoms with Crippen molar-refractivity contribution >= 4 is 11.6 Å². The summed E-state index contributed by atoms with van der Waals surface area (Å²) >= 11 is 0. The zero-order valence-corrected chi connectivity index (χ0v) is 14.7. The van der Waals surface area contributed by atoms with Crippen LogP contribution in [0.1, 0.15) is 52.5 Å². The molecule has 4 nitrogen and oxygen atoms in total. The van der Waals surface area contributed by atoms with Crippen LogP contribution < -0.4 is 10.9 Å². The van der Waals surface area contributed by atoms with E-state index >= 15 is 0 Å². The van der Waals surface area contributed by atoms with Crippen molar-refractivity contribution in [1.29, 1.82) is 0 Å². The average molecular weight is 312 g/mol. The summed E-state index contributed by atoms with van der Waals surface area (Å²) in [5.41, 5.74) is 4.34. The Labute approximate surface area is 137 Å². The Morgan fingerprint density at radius 1 is 1.13 bits per heavy atom. The lowest BCUT2D eigenvalue weighted by atomic mass is 9.98. The fraction of sp³-hybridized carbons (Fsp3) is 0.368. The van der Waals surface area contributed by atoms with Crippen LogP contribution in [0.2, 0.25) is 0 Å². The van der Waals surface area contributed by atoms with Crippen molar-refractivity contribution in [3.05, 3.63) is 62.6 Å². The quantitative estimate of drug-likeness (QED) is 0.940. The molecule has 2 rings (SSSR count). The van der Waals surface area contributed by atoms with Gasteiger partial charge in [0.05, 0.1) is 0 Å². The van der Waals surface area contributed by atoms with Gasteiger partial charge in [-0.2, -0.15) is 0 Å². The van der Waals surface area contributed by atoms with Crippen LogP contribution in [0.4, 0.5) is 5.69 Å². The summed E-state index contributed by atoms with van der Waals surface area (Å²) in [7, 11) is 1.68. The molecule has 0 atom stereocenters. The largest absolute Gasteiger partial charge is 0.321 e. The summed E-state index contributed by atoms with van der Waals surface area (Å²) in [5.74, 6) is -0.0635. The minimum atomic E-state index is -0.348. The summed E-state index contributed by atoms with van der Waals surface area (Å²) in [6.45, 7) is 9.78. The molecule has 122 valence electrons. The number of carbonyl (C=O) groups excluding carboxylic acids is 1. The fourth-order valence-electron chi connectivity index (χ4n) is 2.77. The first-order valence-corrected chi connectivity index (χ1v) is 7.82. The maximum Gasteiger partial charge on any atom is 0.263 e. The van der Waals surface area contributed by atoms with Gasteiger partial charge in [0.25, 0.3) is 11.5 Å². The van der Waals surface area contributed by atoms with Gasteiger partial charge >= 0.3 is 0 Å². The lowest BCUT2D eigenvalue weighted by molar-refractivity contribution is 0.102. The van der Waals surface area contributed by atoms with Gasteiger partial charge in [0.2, 0.25) is 0 Å². The van der Waals surface area contributed by atoms with Crippen LogP contribution in [0, 0.1) is 20.8 Å². The van der Waals surface area contributed by atoms with Crippen molar-refractivity contribution in [2.75, 3.05) is 5.32 Å². The maximum absolute atomic E-state index is 12.7. The molecule has 1 aromatic heterocycles. The van der Waals surface area contributed by atoms with Gasteiger partial charge < -0.3 is 9.88 Å². The first-order chi connectivity index (χ1) is 10.7. The summed E-state index contributed by atoms with van der Waals surface area (Å²) < 4.78 is 1.50. The Morgan fingerprint density at radius 2 is 1.78 bits per heavy atom. The van der Waals surface area contributed by atoms with E-state index in [1.807, 2.05) is 38.1 Å². The van der Waals surface area contributed by atoms with Gasteiger partial charge in [0.15, 0.2) is 0 Å². The summed E-state index contributed by atoms with van der Waals surface area (Å²) in [6, 6.07) is 7.81. The third kappa shape index (κ3) is 3.21. The van der Waals surface area contributed by atoms with Crippen LogP contribution in [0.3, 0.4) is 0 Å². The third-order valence-corrected chi connectivity index (χ3v) is 4.26. The van der Waals surface area contributed by atoms with E-state index in [9.17, 15) is 9.59 Å². The number of nitrogens with zero attached hydrogens (tertiary/aromatic N) is 1. The molecule has 0 fully saturated rings. The highest BCUT2D eigenvalue weighted by atomic mass is 16.2. The number of hydrogen-bond acceptors (Lipinski definition) is 2. The number of rotatable bonds is 3. The highest BCUT2D eigenvalue weighted by Crippen LogP contribution is 2.27. The van der Waals surface area contributed by atoms with Gasteiger partial charge in [0.1, 0.15) is 5.56 Å². The van der Waals surface area contributed by atoms with Crippen LogP contribution in [0.25, 0.3) is 0 Å². The zero-order valence-electron chi connectivity index (χ0n) is 14.7. The molecule has 1 aromatic carbocycles. The van der Waals surface area contributed by atoms with Crippen molar-refractivity contribution in [1.82, 2.24) is 4.57 Å². The van der Waals surface area contributed by atoms with Crippen LogP contribution in [-0.4, -0.2) is 10.5 Å². The molecule has 0 saturated heterocycles. The van der Waals surface area contributed by atoms with Crippen LogP contribution in [-0.2, 0) is 7.05 Å². The van der Waals surface area contributed by atoms with Crippen molar-refractivity contribution < 1.29 is 4.79 Å². The smallest absolute Gasteiger partial charge is 0.263 e. The highest BCUT2D eigenvalue weighted by Gasteiger charge is 2.19. The molecule has 1 heterocycles. The first-order valence-electron chi connectivity index (χ1n) is 7.82. The maximum atomic E-state index is 12.7. The number of pyridine rings is 1. The molecule has 2 aromatic rings. The van der Waals surface area contributed by atoms with Crippen LogP contribution in [0.5, 0.6) is 0 Å². The molecule has 0 aliphatic rings. The molecule has 23 heavy (non-hydrogen) atoms. The van der Waals surface area contributed by atoms with E-state index in [0.717, 1.165) is 22.5 Å². The zero-order chi connectivity index (χ0) is 17.3. The molecular formula is C19H24N2O2. The van der Waals surface area contributed by atoms with Gasteiger partial charge in [0, 0.05) is 18.4 Å². The van der Waals surface area contributed by atoms with Gasteiger partial charge in [-0.1, -0.05) is 32.0 Å². The number of amides is 1. The number of aryl methyl sites for hydroxylation is 3. The normalized spacial score (nSPS) is 10.9. The standard InChI is InChI=1S/C19H24N2O2/c1-11(2)15-9-7-8-12(3)17(15)20-18(22)16-13(4)10-14(5)21(6)19(16)23/h7-11H,1-6H3,(H,20,22). The Morgan fingerprint density at radius 3 is 2.39 bits per heavy atom. The van der Waals surface area contributed by atoms with Gasteiger partial charge in [-0.25, -0.2) is 0 Å². The topological polar surface area (TPSA) is 51.1 Å². The van der Waals surface area contributed by atoms with E-state index in [1.165, 1.54) is 4.57 Å². The summed E-state index contributed by atoms with van der Waals surface area (Å²) in [4.78, 5) is 25.2. The fourth-order valence-corrected chi connectivity index (χ4v) is 2.77. The van der Waals surface area contributed by atoms with E-state index in [0.29, 0.717) is 5.56 Å². The lowest BCUT2D eigenvalue weighted by Gasteiger charge is -2.17. The second-order valence-corrected chi connectivity index (χ2v) is 6.36. The van der Waals surface area contributed by atoms with Crippen LogP contribution >= 0.6 is 0 Å². The first kappa shape index (κ1) is 17.0. The van der Waals surface area contributed by atoms with Crippen LogP contribution in [0.15, 0.2) is 29.1 Å². The molecule has 0 saturated carbocycles. The summed E-state index contributed by atoms with van der Waals surface area (Å²) in [5, 5.41) is 2.95. The predicted molar refractivity (Wildman–Crippen MR) is 94.4 cm³/mol. The molecular weight excluding hydrogens is 288 g/mol. The molecule has 4 heteroatoms. The molecule has 1 N–H and O–H groups in total. The summed E-state index contributed by atoms with van der Waals surface area (Å²) in [6.07, 6.45) is 0. The van der Waals surface area contributed by atoms with E-state index < -0.39 is 0 Å². The van der Waals surface area contributed by atoms with Crippen molar-refractivity contribution in [3.8, 4) is 0 Å². The Hall–Kier alpha value is -2.36. The lowest BCUT2D eigenvalue weighted by Crippen LogP contribution is -2.30. The minimum Gasteiger partial charge on any atom is -0.321 e. The van der Waals surface area contributed by atoms with Crippen molar-refractivity contribution in [2.45, 2.75) is 40.5 Å². The van der Waals surface area contributed by atoms with Gasteiger partial charge in [-0.05, 0) is 49.4 Å². The Bertz CT molecular complexity index is 817. The molecule has 0 bridgehead atoms. The monoisotopic (exact) mass is 312 g/mol. The highest BCUT2D eigenvalue weighted by molar-refractivity contribution is 6.05. The molecule has 0 spiro atoms. The predicted octanol–water partition coefficient (Wildman–Crippen LogP) is 3.69. The molecule has 0 aliphatic carbocycles. The number of benzene rings is 1.